The molecule has 0 saturated heterocycles. The van der Waals surface area contributed by atoms with Gasteiger partial charge >= 0.3 is 6.18 Å². The highest BCUT2D eigenvalue weighted by Crippen LogP contribution is 2.31. The maximum absolute atomic E-state index is 12.0. The van der Waals surface area contributed by atoms with E-state index in [1.807, 2.05) is 44.9 Å². The maximum Gasteiger partial charge on any atom is 0.416 e. The molecular formula is C24H28BrF3N2O2. The second kappa shape index (κ2) is 16.7. The van der Waals surface area contributed by atoms with Gasteiger partial charge in [-0.2, -0.15) is 13.2 Å². The van der Waals surface area contributed by atoms with Gasteiger partial charge in [-0.1, -0.05) is 35.9 Å². The molecule has 0 aliphatic heterocycles. The average Bonchev–Trinajstić information content (AvgIpc) is 2.76. The first-order valence-corrected chi connectivity index (χ1v) is 9.94. The molecule has 0 unspecified atom stereocenters. The Morgan fingerprint density at radius 2 is 1.53 bits per heavy atom. The number of amides is 1. The number of hydrogen-bond donors (Lipinski definition) is 1. The van der Waals surface area contributed by atoms with E-state index in [1.165, 1.54) is 19.1 Å². The Morgan fingerprint density at radius 3 is 1.94 bits per heavy atom. The summed E-state index contributed by atoms with van der Waals surface area (Å²) >= 11 is 3.38. The molecule has 0 bridgehead atoms. The molecule has 0 heterocycles. The molecule has 0 saturated carbocycles. The summed E-state index contributed by atoms with van der Waals surface area (Å²) in [4.78, 5) is 23.9. The number of halogens is 4. The summed E-state index contributed by atoms with van der Waals surface area (Å²) in [6.07, 6.45) is -2.46. The van der Waals surface area contributed by atoms with Crippen molar-refractivity contribution in [3.63, 3.8) is 0 Å². The molecule has 1 amide bonds. The van der Waals surface area contributed by atoms with Crippen molar-refractivity contribution in [2.45, 2.75) is 26.9 Å². The summed E-state index contributed by atoms with van der Waals surface area (Å²) in [5.74, 6) is -0.208. The molecule has 32 heavy (non-hydrogen) atoms. The van der Waals surface area contributed by atoms with Gasteiger partial charge in [-0.15, -0.1) is 13.2 Å². The fourth-order valence-corrected chi connectivity index (χ4v) is 2.53. The smallest absolute Gasteiger partial charge is 0.320 e. The normalized spacial score (nSPS) is 10.1. The van der Waals surface area contributed by atoms with Crippen LogP contribution in [0.1, 0.15) is 25.0 Å². The fourth-order valence-electron chi connectivity index (χ4n) is 2.14. The zero-order chi connectivity index (χ0) is 25.3. The van der Waals surface area contributed by atoms with Crippen LogP contribution in [-0.2, 0) is 15.8 Å². The number of alkyl halides is 3. The Bertz CT molecular complexity index is 904. The molecule has 1 N–H and O–H groups in total. The van der Waals surface area contributed by atoms with Crippen LogP contribution >= 0.6 is 15.9 Å². The molecule has 2 rings (SSSR count). The van der Waals surface area contributed by atoms with Gasteiger partial charge in [0.15, 0.2) is 0 Å². The number of nitrogens with one attached hydrogen (secondary N) is 1. The predicted molar refractivity (Wildman–Crippen MR) is 130 cm³/mol. The Kier molecular flexibility index (Phi) is 16.2. The Hall–Kier alpha value is -3.00. The molecule has 8 heteroatoms. The summed E-state index contributed by atoms with van der Waals surface area (Å²) < 4.78 is 37.0. The van der Waals surface area contributed by atoms with Crippen molar-refractivity contribution >= 4 is 40.0 Å². The number of carbonyl (C=O) groups is 2. The van der Waals surface area contributed by atoms with Gasteiger partial charge in [-0.3, -0.25) is 9.79 Å². The van der Waals surface area contributed by atoms with Crippen LogP contribution in [0.25, 0.3) is 0 Å². The maximum atomic E-state index is 12.0. The minimum absolute atomic E-state index is 0.208. The van der Waals surface area contributed by atoms with Crippen LogP contribution in [0.15, 0.2) is 82.8 Å². The Balaban J connectivity index is 0. The Morgan fingerprint density at radius 1 is 1.03 bits per heavy atom. The molecule has 0 radical (unpaired) electrons. The van der Waals surface area contributed by atoms with Gasteiger partial charge in [0.2, 0.25) is 0 Å². The second-order valence-corrected chi connectivity index (χ2v) is 6.93. The van der Waals surface area contributed by atoms with Crippen LogP contribution in [0.2, 0.25) is 0 Å². The molecule has 2 aromatic carbocycles. The molecule has 0 spiro atoms. The second-order valence-electron chi connectivity index (χ2n) is 6.08. The van der Waals surface area contributed by atoms with E-state index >= 15 is 0 Å². The minimum Gasteiger partial charge on any atom is -0.320 e. The summed E-state index contributed by atoms with van der Waals surface area (Å²) in [6, 6.07) is 13.0. The van der Waals surface area contributed by atoms with Gasteiger partial charge < -0.3 is 10.1 Å². The van der Waals surface area contributed by atoms with Crippen molar-refractivity contribution < 1.29 is 22.8 Å². The highest BCUT2D eigenvalue weighted by atomic mass is 79.9. The number of rotatable bonds is 3. The lowest BCUT2D eigenvalue weighted by molar-refractivity contribution is -0.138. The van der Waals surface area contributed by atoms with Gasteiger partial charge in [0.25, 0.3) is 5.91 Å². The first-order chi connectivity index (χ1) is 15.1. The van der Waals surface area contributed by atoms with Gasteiger partial charge in [-0.25, -0.2) is 0 Å². The third-order valence-corrected chi connectivity index (χ3v) is 4.16. The van der Waals surface area contributed by atoms with E-state index in [1.54, 1.807) is 19.2 Å². The molecule has 174 valence electrons. The van der Waals surface area contributed by atoms with Gasteiger partial charge in [0, 0.05) is 11.5 Å². The highest BCUT2D eigenvalue weighted by molar-refractivity contribution is 9.10. The lowest BCUT2D eigenvalue weighted by atomic mass is 10.1. The number of nitrogens with zero attached hydrogens (tertiary/aromatic N) is 1. The van der Waals surface area contributed by atoms with Crippen LogP contribution in [0.3, 0.4) is 0 Å². The lowest BCUT2D eigenvalue weighted by Crippen LogP contribution is -2.21. The summed E-state index contributed by atoms with van der Waals surface area (Å²) in [5.41, 5.74) is 1.90. The topological polar surface area (TPSA) is 58.5 Å². The van der Waals surface area contributed by atoms with E-state index in [4.69, 9.17) is 4.79 Å². The van der Waals surface area contributed by atoms with E-state index in [0.717, 1.165) is 21.8 Å². The zero-order valence-corrected chi connectivity index (χ0v) is 20.2. The summed E-state index contributed by atoms with van der Waals surface area (Å²) in [6.45, 7) is 13.3. The number of allylic oxidation sites excluding steroid dienone is 1. The number of carbonyl (C=O) groups excluding carboxylic acids is 2. The van der Waals surface area contributed by atoms with Crippen molar-refractivity contribution in [2.75, 3.05) is 12.4 Å². The molecule has 0 aromatic heterocycles. The van der Waals surface area contributed by atoms with E-state index < -0.39 is 11.7 Å². The van der Waals surface area contributed by atoms with Gasteiger partial charge in [0.05, 0.1) is 11.3 Å². The van der Waals surface area contributed by atoms with Crippen molar-refractivity contribution in [3.8, 4) is 0 Å². The third kappa shape index (κ3) is 12.0. The Labute approximate surface area is 196 Å². The van der Waals surface area contributed by atoms with Crippen molar-refractivity contribution in [1.82, 2.24) is 0 Å². The lowest BCUT2D eigenvalue weighted by Gasteiger charge is -2.08. The van der Waals surface area contributed by atoms with Crippen LogP contribution in [0.5, 0.6) is 0 Å². The largest absolute Gasteiger partial charge is 0.416 e. The molecule has 4 nitrogen and oxygen atoms in total. The number of aliphatic imine (C=N–C) groups is 1. The van der Waals surface area contributed by atoms with Crippen molar-refractivity contribution in [1.29, 1.82) is 0 Å². The van der Waals surface area contributed by atoms with Crippen LogP contribution in [-0.4, -0.2) is 25.5 Å². The van der Waals surface area contributed by atoms with Crippen LogP contribution < -0.4 is 5.32 Å². The molecule has 0 atom stereocenters. The SMILES string of the molecule is C=C.C=O.CN=C(C=C(C)C)C(=O)Nc1ccccc1Br.Cc1ccccc1C(F)(F)F. The summed E-state index contributed by atoms with van der Waals surface area (Å²) in [7, 11) is 1.61. The first kappa shape index (κ1) is 31.2. The number of hydrogen-bond acceptors (Lipinski definition) is 3. The number of para-hydroxylation sites is 1. The van der Waals surface area contributed by atoms with Crippen LogP contribution in [0.4, 0.5) is 18.9 Å². The minimum atomic E-state index is -4.22. The predicted octanol–water partition coefficient (Wildman–Crippen LogP) is 7.06. The zero-order valence-electron chi connectivity index (χ0n) is 18.6. The average molecular weight is 513 g/mol. The quantitative estimate of drug-likeness (QED) is 0.353. The highest BCUT2D eigenvalue weighted by Gasteiger charge is 2.31. The monoisotopic (exact) mass is 512 g/mol. The molecular weight excluding hydrogens is 485 g/mol. The fraction of sp³-hybridized carbons (Fsp3) is 0.208. The van der Waals surface area contributed by atoms with E-state index in [0.29, 0.717) is 5.71 Å². The number of aryl methyl sites for hydroxylation is 1. The van der Waals surface area contributed by atoms with E-state index in [2.05, 4.69) is 39.4 Å². The van der Waals surface area contributed by atoms with Gasteiger partial charge in [0.1, 0.15) is 12.5 Å². The summed E-state index contributed by atoms with van der Waals surface area (Å²) in [5, 5.41) is 2.81. The number of anilines is 1. The standard InChI is InChI=1S/C13H15BrN2O.C8H7F3.C2H4.CH2O/c1-9(2)8-12(15-3)13(17)16-11-7-5-4-6-10(11)14;1-6-4-2-3-5-7(6)8(9,10)11;2*1-2/h4-8H,1-3H3,(H,16,17);2-5H,1H3;1-2H2;1H2. The molecule has 0 aliphatic carbocycles. The van der Waals surface area contributed by atoms with Crippen molar-refractivity contribution in [3.05, 3.63) is 88.9 Å². The van der Waals surface area contributed by atoms with Gasteiger partial charge in [-0.05, 0) is 66.5 Å². The van der Waals surface area contributed by atoms with E-state index in [9.17, 15) is 18.0 Å². The molecule has 0 fully saturated rings. The third-order valence-electron chi connectivity index (χ3n) is 3.47. The van der Waals surface area contributed by atoms with Crippen LogP contribution in [0, 0.1) is 6.92 Å². The van der Waals surface area contributed by atoms with E-state index in [-0.39, 0.29) is 11.5 Å². The first-order valence-electron chi connectivity index (χ1n) is 9.15. The molecule has 2 aromatic rings. The number of benzene rings is 2. The molecule has 0 aliphatic rings. The van der Waals surface area contributed by atoms with Crippen molar-refractivity contribution in [2.24, 2.45) is 4.99 Å².